The highest BCUT2D eigenvalue weighted by Gasteiger charge is 2.13. The zero-order valence-corrected chi connectivity index (χ0v) is 12.6. The Morgan fingerprint density at radius 3 is 2.65 bits per heavy atom. The van der Waals surface area contributed by atoms with Crippen molar-refractivity contribution in [2.75, 3.05) is 40.9 Å². The van der Waals surface area contributed by atoms with E-state index in [1.54, 1.807) is 7.11 Å². The number of nitriles is 1. The van der Waals surface area contributed by atoms with Crippen molar-refractivity contribution in [3.05, 3.63) is 23.8 Å². The second-order valence-electron chi connectivity index (χ2n) is 4.66. The number of hydrogen-bond acceptors (Lipinski definition) is 5. The number of nitrogens with zero attached hydrogens (tertiary/aromatic N) is 2. The summed E-state index contributed by atoms with van der Waals surface area (Å²) in [4.78, 5) is 2.07. The third kappa shape index (κ3) is 4.72. The molecule has 0 radical (unpaired) electrons. The average Bonchev–Trinajstić information content (AvgIpc) is 2.44. The molecule has 0 amide bonds. The van der Waals surface area contributed by atoms with E-state index in [1.165, 1.54) is 0 Å². The van der Waals surface area contributed by atoms with Gasteiger partial charge in [-0.3, -0.25) is 5.32 Å². The second-order valence-corrected chi connectivity index (χ2v) is 4.66. The minimum atomic E-state index is -0.348. The molecule has 0 aromatic heterocycles. The molecule has 1 atom stereocenters. The summed E-state index contributed by atoms with van der Waals surface area (Å²) in [5.41, 5.74) is 0.881. The fraction of sp³-hybridized carbons (Fsp3) is 0.533. The molecule has 0 heterocycles. The van der Waals surface area contributed by atoms with Gasteiger partial charge in [0.05, 0.1) is 19.8 Å². The first-order chi connectivity index (χ1) is 9.62. The second kappa shape index (κ2) is 8.41. The predicted molar refractivity (Wildman–Crippen MR) is 79.1 cm³/mol. The van der Waals surface area contributed by atoms with Crippen molar-refractivity contribution in [2.24, 2.45) is 0 Å². The van der Waals surface area contributed by atoms with Crippen LogP contribution in [0.25, 0.3) is 0 Å². The van der Waals surface area contributed by atoms with E-state index in [4.69, 9.17) is 9.47 Å². The lowest BCUT2D eigenvalue weighted by molar-refractivity contribution is 0.310. The number of ether oxygens (including phenoxy) is 2. The summed E-state index contributed by atoms with van der Waals surface area (Å²) in [6.45, 7) is 4.14. The Hall–Kier alpha value is -1.77. The summed E-state index contributed by atoms with van der Waals surface area (Å²) >= 11 is 0. The van der Waals surface area contributed by atoms with Crippen molar-refractivity contribution in [3.63, 3.8) is 0 Å². The first-order valence-corrected chi connectivity index (χ1v) is 6.70. The summed E-state index contributed by atoms with van der Waals surface area (Å²) in [7, 11) is 5.61. The third-order valence-corrected chi connectivity index (χ3v) is 2.86. The van der Waals surface area contributed by atoms with Crippen molar-refractivity contribution >= 4 is 0 Å². The maximum absolute atomic E-state index is 9.28. The van der Waals surface area contributed by atoms with Crippen molar-refractivity contribution in [3.8, 4) is 17.6 Å². The van der Waals surface area contributed by atoms with E-state index in [0.29, 0.717) is 18.1 Å². The SMILES string of the molecule is CCOc1ccc(C(C#N)NCCN(C)C)cc1OC. The minimum absolute atomic E-state index is 0.348. The molecule has 1 aromatic carbocycles. The van der Waals surface area contributed by atoms with Crippen LogP contribution in [-0.2, 0) is 0 Å². The number of benzene rings is 1. The molecule has 5 nitrogen and oxygen atoms in total. The number of rotatable bonds is 8. The molecule has 5 heteroatoms. The van der Waals surface area contributed by atoms with Gasteiger partial charge >= 0.3 is 0 Å². The van der Waals surface area contributed by atoms with Crippen LogP contribution in [-0.4, -0.2) is 45.8 Å². The fourth-order valence-corrected chi connectivity index (χ4v) is 1.81. The maximum atomic E-state index is 9.28. The number of methoxy groups -OCH3 is 1. The highest BCUT2D eigenvalue weighted by molar-refractivity contribution is 5.44. The van der Waals surface area contributed by atoms with Gasteiger partial charge in [-0.1, -0.05) is 6.07 Å². The van der Waals surface area contributed by atoms with E-state index < -0.39 is 0 Å². The van der Waals surface area contributed by atoms with Crippen LogP contribution in [0.5, 0.6) is 11.5 Å². The highest BCUT2D eigenvalue weighted by atomic mass is 16.5. The normalized spacial score (nSPS) is 12.0. The van der Waals surface area contributed by atoms with E-state index in [-0.39, 0.29) is 6.04 Å². The zero-order chi connectivity index (χ0) is 15.0. The molecule has 0 fully saturated rings. The van der Waals surface area contributed by atoms with Gasteiger partial charge in [0, 0.05) is 13.1 Å². The van der Waals surface area contributed by atoms with Crippen LogP contribution in [0.15, 0.2) is 18.2 Å². The van der Waals surface area contributed by atoms with Crippen LogP contribution in [0.3, 0.4) is 0 Å². The topological polar surface area (TPSA) is 57.5 Å². The van der Waals surface area contributed by atoms with E-state index in [1.807, 2.05) is 39.2 Å². The molecule has 0 aliphatic carbocycles. The zero-order valence-electron chi connectivity index (χ0n) is 12.6. The molecule has 1 N–H and O–H groups in total. The monoisotopic (exact) mass is 277 g/mol. The summed E-state index contributed by atoms with van der Waals surface area (Å²) in [6, 6.07) is 7.51. The first-order valence-electron chi connectivity index (χ1n) is 6.70. The van der Waals surface area contributed by atoms with Gasteiger partial charge in [0.15, 0.2) is 11.5 Å². The lowest BCUT2D eigenvalue weighted by atomic mass is 10.1. The molecule has 1 rings (SSSR count). The lowest BCUT2D eigenvalue weighted by Gasteiger charge is -2.16. The number of nitrogens with one attached hydrogen (secondary N) is 1. The van der Waals surface area contributed by atoms with Crippen molar-refractivity contribution in [1.82, 2.24) is 10.2 Å². The molecule has 20 heavy (non-hydrogen) atoms. The van der Waals surface area contributed by atoms with Crippen molar-refractivity contribution in [2.45, 2.75) is 13.0 Å². The molecule has 110 valence electrons. The van der Waals surface area contributed by atoms with Crippen LogP contribution < -0.4 is 14.8 Å². The van der Waals surface area contributed by atoms with Crippen LogP contribution in [0.1, 0.15) is 18.5 Å². The highest BCUT2D eigenvalue weighted by Crippen LogP contribution is 2.30. The van der Waals surface area contributed by atoms with Gasteiger partial charge in [-0.25, -0.2) is 0 Å². The smallest absolute Gasteiger partial charge is 0.161 e. The van der Waals surface area contributed by atoms with E-state index in [2.05, 4.69) is 16.3 Å². The molecule has 0 bridgehead atoms. The van der Waals surface area contributed by atoms with Gasteiger partial charge in [0.2, 0.25) is 0 Å². The Balaban J connectivity index is 2.80. The Morgan fingerprint density at radius 1 is 1.35 bits per heavy atom. The molecule has 0 spiro atoms. The first kappa shape index (κ1) is 16.3. The Bertz CT molecular complexity index is 455. The minimum Gasteiger partial charge on any atom is -0.493 e. The molecule has 0 aliphatic rings. The van der Waals surface area contributed by atoms with Crippen LogP contribution in [0.4, 0.5) is 0 Å². The van der Waals surface area contributed by atoms with Crippen molar-refractivity contribution in [1.29, 1.82) is 5.26 Å². The van der Waals surface area contributed by atoms with Gasteiger partial charge in [-0.15, -0.1) is 0 Å². The fourth-order valence-electron chi connectivity index (χ4n) is 1.81. The number of likely N-dealkylation sites (N-methyl/N-ethyl adjacent to an activating group) is 1. The molecule has 0 saturated carbocycles. The Kier molecular flexibility index (Phi) is 6.85. The molecule has 0 aliphatic heterocycles. The quantitative estimate of drug-likeness (QED) is 0.785. The molecular formula is C15H23N3O2. The van der Waals surface area contributed by atoms with E-state index >= 15 is 0 Å². The lowest BCUT2D eigenvalue weighted by Crippen LogP contribution is -2.29. The third-order valence-electron chi connectivity index (χ3n) is 2.86. The van der Waals surface area contributed by atoms with Gasteiger partial charge in [-0.2, -0.15) is 5.26 Å². The largest absolute Gasteiger partial charge is 0.493 e. The summed E-state index contributed by atoms with van der Waals surface area (Å²) in [6.07, 6.45) is 0. The molecule has 1 unspecified atom stereocenters. The molecular weight excluding hydrogens is 254 g/mol. The summed E-state index contributed by atoms with van der Waals surface area (Å²) in [5.74, 6) is 1.35. The van der Waals surface area contributed by atoms with E-state index in [9.17, 15) is 5.26 Å². The molecule has 1 aromatic rings. The maximum Gasteiger partial charge on any atom is 0.161 e. The number of hydrogen-bond donors (Lipinski definition) is 1. The van der Waals surface area contributed by atoms with Gasteiger partial charge < -0.3 is 14.4 Å². The van der Waals surface area contributed by atoms with E-state index in [0.717, 1.165) is 18.7 Å². The van der Waals surface area contributed by atoms with Gasteiger partial charge in [0.25, 0.3) is 0 Å². The molecule has 0 saturated heterocycles. The van der Waals surface area contributed by atoms with Crippen LogP contribution >= 0.6 is 0 Å². The predicted octanol–water partition coefficient (Wildman–Crippen LogP) is 1.81. The summed E-state index contributed by atoms with van der Waals surface area (Å²) < 4.78 is 10.8. The van der Waals surface area contributed by atoms with Crippen molar-refractivity contribution < 1.29 is 9.47 Å². The van der Waals surface area contributed by atoms with Crippen LogP contribution in [0.2, 0.25) is 0 Å². The standard InChI is InChI=1S/C15H23N3O2/c1-5-20-14-7-6-12(10-15(14)19-4)13(11-16)17-8-9-18(2)3/h6-7,10,13,17H,5,8-9H2,1-4H3. The Morgan fingerprint density at radius 2 is 2.10 bits per heavy atom. The Labute approximate surface area is 121 Å². The van der Waals surface area contributed by atoms with Gasteiger partial charge in [0.1, 0.15) is 6.04 Å². The average molecular weight is 277 g/mol. The summed E-state index contributed by atoms with van der Waals surface area (Å²) in [5, 5.41) is 12.5. The van der Waals surface area contributed by atoms with Crippen LogP contribution in [0, 0.1) is 11.3 Å². The van der Waals surface area contributed by atoms with Gasteiger partial charge in [-0.05, 0) is 38.7 Å².